The zero-order valence-electron chi connectivity index (χ0n) is 11.2. The standard InChI is InChI=1S/C13H22O4/c1-6-7-10-9(2)11(8-12(14)15-5)17-13(3,4)16-10/h6-7,9-11H,8H2,1-5H3/b7-6-/t9-,10-,11-/m1/s1. The van der Waals surface area contributed by atoms with E-state index < -0.39 is 5.79 Å². The molecule has 3 atom stereocenters. The third-order valence-corrected chi connectivity index (χ3v) is 2.94. The number of carbonyl (C=O) groups is 1. The Hall–Kier alpha value is -0.870. The van der Waals surface area contributed by atoms with E-state index in [2.05, 4.69) is 4.74 Å². The van der Waals surface area contributed by atoms with Gasteiger partial charge in [0.05, 0.1) is 25.7 Å². The Balaban J connectivity index is 2.77. The predicted octanol–water partition coefficient (Wildman–Crippen LogP) is 2.28. The summed E-state index contributed by atoms with van der Waals surface area (Å²) >= 11 is 0. The van der Waals surface area contributed by atoms with Crippen molar-refractivity contribution in [1.29, 1.82) is 0 Å². The van der Waals surface area contributed by atoms with E-state index in [0.717, 1.165) is 0 Å². The molecule has 0 bridgehead atoms. The second kappa shape index (κ2) is 5.65. The van der Waals surface area contributed by atoms with Gasteiger partial charge < -0.3 is 14.2 Å². The first-order chi connectivity index (χ1) is 7.89. The van der Waals surface area contributed by atoms with Gasteiger partial charge in [-0.1, -0.05) is 19.1 Å². The molecule has 0 aromatic carbocycles. The van der Waals surface area contributed by atoms with E-state index in [1.807, 2.05) is 39.8 Å². The second-order valence-electron chi connectivity index (χ2n) is 4.80. The molecule has 0 aromatic heterocycles. The lowest BCUT2D eigenvalue weighted by atomic mass is 9.93. The van der Waals surface area contributed by atoms with Crippen LogP contribution < -0.4 is 0 Å². The van der Waals surface area contributed by atoms with Crippen LogP contribution in [0.4, 0.5) is 0 Å². The fourth-order valence-electron chi connectivity index (χ4n) is 2.03. The van der Waals surface area contributed by atoms with Gasteiger partial charge in [-0.25, -0.2) is 0 Å². The molecule has 0 radical (unpaired) electrons. The summed E-state index contributed by atoms with van der Waals surface area (Å²) in [6.45, 7) is 7.70. The average Bonchev–Trinajstić information content (AvgIpc) is 2.24. The van der Waals surface area contributed by atoms with Crippen LogP contribution in [0.3, 0.4) is 0 Å². The molecular formula is C13H22O4. The van der Waals surface area contributed by atoms with E-state index >= 15 is 0 Å². The highest BCUT2D eigenvalue weighted by Gasteiger charge is 2.40. The van der Waals surface area contributed by atoms with Crippen LogP contribution in [0.2, 0.25) is 0 Å². The molecule has 0 aliphatic carbocycles. The van der Waals surface area contributed by atoms with Gasteiger partial charge in [-0.2, -0.15) is 0 Å². The van der Waals surface area contributed by atoms with Crippen LogP contribution in [0.5, 0.6) is 0 Å². The quantitative estimate of drug-likeness (QED) is 0.562. The van der Waals surface area contributed by atoms with Crippen molar-refractivity contribution in [3.05, 3.63) is 12.2 Å². The van der Waals surface area contributed by atoms with Gasteiger partial charge in [-0.3, -0.25) is 4.79 Å². The van der Waals surface area contributed by atoms with Crippen molar-refractivity contribution >= 4 is 5.97 Å². The van der Waals surface area contributed by atoms with E-state index in [0.29, 0.717) is 0 Å². The van der Waals surface area contributed by atoms with Crippen molar-refractivity contribution in [3.8, 4) is 0 Å². The molecule has 0 N–H and O–H groups in total. The molecular weight excluding hydrogens is 220 g/mol. The third kappa shape index (κ3) is 3.82. The number of allylic oxidation sites excluding steroid dienone is 1. The summed E-state index contributed by atoms with van der Waals surface area (Å²) in [5.41, 5.74) is 0. The number of ether oxygens (including phenoxy) is 3. The summed E-state index contributed by atoms with van der Waals surface area (Å²) in [5.74, 6) is -0.799. The maximum absolute atomic E-state index is 11.3. The molecule has 0 aromatic rings. The first-order valence-electron chi connectivity index (χ1n) is 5.95. The van der Waals surface area contributed by atoms with E-state index in [4.69, 9.17) is 9.47 Å². The number of hydrogen-bond acceptors (Lipinski definition) is 4. The highest BCUT2D eigenvalue weighted by Crippen LogP contribution is 2.33. The topological polar surface area (TPSA) is 44.8 Å². The maximum atomic E-state index is 11.3. The molecule has 0 saturated carbocycles. The lowest BCUT2D eigenvalue weighted by Gasteiger charge is -2.43. The molecule has 1 aliphatic heterocycles. The minimum atomic E-state index is -0.671. The summed E-state index contributed by atoms with van der Waals surface area (Å²) in [6.07, 6.45) is 4.01. The van der Waals surface area contributed by atoms with Crippen molar-refractivity contribution in [3.63, 3.8) is 0 Å². The molecule has 0 spiro atoms. The highest BCUT2D eigenvalue weighted by molar-refractivity contribution is 5.69. The molecule has 98 valence electrons. The minimum Gasteiger partial charge on any atom is -0.469 e. The van der Waals surface area contributed by atoms with Crippen molar-refractivity contribution in [1.82, 2.24) is 0 Å². The number of rotatable bonds is 3. The molecule has 0 unspecified atom stereocenters. The Bertz CT molecular complexity index is 296. The van der Waals surface area contributed by atoms with Crippen LogP contribution in [0.15, 0.2) is 12.2 Å². The SMILES string of the molecule is C/C=C\[C@H]1OC(C)(C)O[C@H](CC(=O)OC)[C@@H]1C. The average molecular weight is 242 g/mol. The van der Waals surface area contributed by atoms with E-state index in [-0.39, 0.29) is 30.5 Å². The Morgan fingerprint density at radius 1 is 1.41 bits per heavy atom. The summed E-state index contributed by atoms with van der Waals surface area (Å²) in [5, 5.41) is 0. The van der Waals surface area contributed by atoms with Crippen LogP contribution in [-0.2, 0) is 19.0 Å². The minimum absolute atomic E-state index is 0.0293. The summed E-state index contributed by atoms with van der Waals surface area (Å²) < 4.78 is 16.3. The summed E-state index contributed by atoms with van der Waals surface area (Å²) in [7, 11) is 1.39. The van der Waals surface area contributed by atoms with Gasteiger partial charge in [-0.15, -0.1) is 0 Å². The van der Waals surface area contributed by atoms with Gasteiger partial charge in [0.25, 0.3) is 0 Å². The number of methoxy groups -OCH3 is 1. The van der Waals surface area contributed by atoms with Gasteiger partial charge in [0.1, 0.15) is 0 Å². The fourth-order valence-corrected chi connectivity index (χ4v) is 2.03. The lowest BCUT2D eigenvalue weighted by Crippen LogP contribution is -2.50. The van der Waals surface area contributed by atoms with Crippen molar-refractivity contribution in [2.75, 3.05) is 7.11 Å². The number of carbonyl (C=O) groups excluding carboxylic acids is 1. The third-order valence-electron chi connectivity index (χ3n) is 2.94. The smallest absolute Gasteiger partial charge is 0.308 e. The number of hydrogen-bond donors (Lipinski definition) is 0. The Kier molecular flexibility index (Phi) is 4.71. The zero-order chi connectivity index (χ0) is 13.1. The second-order valence-corrected chi connectivity index (χ2v) is 4.80. The Labute approximate surface area is 103 Å². The molecule has 4 nitrogen and oxygen atoms in total. The molecule has 1 aliphatic rings. The van der Waals surface area contributed by atoms with Crippen LogP contribution in [0.1, 0.15) is 34.1 Å². The van der Waals surface area contributed by atoms with E-state index in [9.17, 15) is 4.79 Å². The molecule has 0 amide bonds. The maximum Gasteiger partial charge on any atom is 0.308 e. The van der Waals surface area contributed by atoms with E-state index in [1.54, 1.807) is 0 Å². The van der Waals surface area contributed by atoms with Crippen molar-refractivity contribution in [2.24, 2.45) is 5.92 Å². The van der Waals surface area contributed by atoms with Crippen LogP contribution in [-0.4, -0.2) is 31.1 Å². The Morgan fingerprint density at radius 3 is 2.59 bits per heavy atom. The zero-order valence-corrected chi connectivity index (χ0v) is 11.2. The molecule has 4 heteroatoms. The largest absolute Gasteiger partial charge is 0.469 e. The summed E-state index contributed by atoms with van der Waals surface area (Å²) in [4.78, 5) is 11.3. The van der Waals surface area contributed by atoms with Crippen molar-refractivity contribution in [2.45, 2.75) is 52.1 Å². The summed E-state index contributed by atoms with van der Waals surface area (Å²) in [6, 6.07) is 0. The number of esters is 1. The molecule has 1 saturated heterocycles. The molecule has 1 heterocycles. The van der Waals surface area contributed by atoms with Gasteiger partial charge in [0.2, 0.25) is 0 Å². The molecule has 1 fully saturated rings. The lowest BCUT2D eigenvalue weighted by molar-refractivity contribution is -0.309. The van der Waals surface area contributed by atoms with Gasteiger partial charge in [0.15, 0.2) is 5.79 Å². The normalized spacial score (nSPS) is 32.6. The first-order valence-corrected chi connectivity index (χ1v) is 5.95. The van der Waals surface area contributed by atoms with Crippen LogP contribution >= 0.6 is 0 Å². The van der Waals surface area contributed by atoms with Gasteiger partial charge in [-0.05, 0) is 20.8 Å². The Morgan fingerprint density at radius 2 is 2.06 bits per heavy atom. The molecule has 1 rings (SSSR count). The van der Waals surface area contributed by atoms with E-state index in [1.165, 1.54) is 7.11 Å². The van der Waals surface area contributed by atoms with Gasteiger partial charge in [0, 0.05) is 5.92 Å². The van der Waals surface area contributed by atoms with Crippen LogP contribution in [0, 0.1) is 5.92 Å². The fraction of sp³-hybridized carbons (Fsp3) is 0.769. The predicted molar refractivity (Wildman–Crippen MR) is 64.4 cm³/mol. The van der Waals surface area contributed by atoms with Crippen molar-refractivity contribution < 1.29 is 19.0 Å². The first kappa shape index (κ1) is 14.2. The van der Waals surface area contributed by atoms with Gasteiger partial charge >= 0.3 is 5.97 Å². The highest BCUT2D eigenvalue weighted by atomic mass is 16.7. The molecule has 17 heavy (non-hydrogen) atoms. The van der Waals surface area contributed by atoms with Crippen LogP contribution in [0.25, 0.3) is 0 Å². The monoisotopic (exact) mass is 242 g/mol.